The van der Waals surface area contributed by atoms with Crippen molar-refractivity contribution < 1.29 is 8.42 Å². The van der Waals surface area contributed by atoms with E-state index in [1.54, 1.807) is 6.07 Å². The Labute approximate surface area is 77.0 Å². The number of rotatable bonds is 1. The normalized spacial score (nSPS) is 10.4. The van der Waals surface area contributed by atoms with Gasteiger partial charge in [0.1, 0.15) is 0 Å². The summed E-state index contributed by atoms with van der Waals surface area (Å²) in [5.74, 6) is 0. The van der Waals surface area contributed by atoms with Crippen LogP contribution < -0.4 is 10.9 Å². The minimum atomic E-state index is -3.61. The number of anilines is 1. The number of nitrogens with two attached hydrogens (primary N) is 2. The highest BCUT2D eigenvalue weighted by Gasteiger charge is 2.05. The first kappa shape index (κ1) is 11.2. The van der Waals surface area contributed by atoms with Gasteiger partial charge in [0.05, 0.1) is 4.90 Å². The van der Waals surface area contributed by atoms with E-state index < -0.39 is 10.0 Å². The molecule has 0 heterocycles. The van der Waals surface area contributed by atoms with Crippen LogP contribution in [0.3, 0.4) is 0 Å². The molecular weight excluding hydrogens is 200 g/mol. The Morgan fingerprint density at radius 2 is 1.83 bits per heavy atom. The molecule has 0 aliphatic carbocycles. The average Bonchev–Trinajstić information content (AvgIpc) is 1.86. The molecule has 0 aromatic heterocycles. The van der Waals surface area contributed by atoms with Crippen LogP contribution >= 0.6 is 12.4 Å². The molecule has 0 unspecified atom stereocenters. The summed E-state index contributed by atoms with van der Waals surface area (Å²) in [4.78, 5) is 0.0394. The zero-order chi connectivity index (χ0) is 8.48. The molecule has 6 heteroatoms. The highest BCUT2D eigenvalue weighted by atomic mass is 35.5. The first-order valence-corrected chi connectivity index (χ1v) is 4.43. The Morgan fingerprint density at radius 1 is 1.25 bits per heavy atom. The quantitative estimate of drug-likeness (QED) is 0.653. The van der Waals surface area contributed by atoms with Gasteiger partial charge in [-0.25, -0.2) is 13.6 Å². The van der Waals surface area contributed by atoms with Gasteiger partial charge in [0.25, 0.3) is 0 Å². The van der Waals surface area contributed by atoms with Gasteiger partial charge in [-0.2, -0.15) is 0 Å². The zero-order valence-electron chi connectivity index (χ0n) is 6.10. The number of hydrogen-bond donors (Lipinski definition) is 2. The van der Waals surface area contributed by atoms with E-state index in [1.165, 1.54) is 18.2 Å². The summed E-state index contributed by atoms with van der Waals surface area (Å²) in [6.07, 6.45) is 0. The Hall–Kier alpha value is -0.780. The summed E-state index contributed by atoms with van der Waals surface area (Å²) in [6.45, 7) is 0. The molecule has 0 saturated heterocycles. The number of sulfonamides is 1. The van der Waals surface area contributed by atoms with E-state index in [0.717, 1.165) is 0 Å². The molecule has 0 spiro atoms. The largest absolute Gasteiger partial charge is 0.399 e. The second-order valence-corrected chi connectivity index (χ2v) is 3.68. The molecule has 0 aliphatic rings. The van der Waals surface area contributed by atoms with E-state index in [4.69, 9.17) is 10.9 Å². The van der Waals surface area contributed by atoms with E-state index in [9.17, 15) is 8.42 Å². The third-order valence-electron chi connectivity index (χ3n) is 1.19. The Bertz CT molecular complexity index is 364. The smallest absolute Gasteiger partial charge is 0.238 e. The predicted molar refractivity (Wildman–Crippen MR) is 49.5 cm³/mol. The van der Waals surface area contributed by atoms with E-state index in [1.807, 2.05) is 0 Å². The van der Waals surface area contributed by atoms with E-state index in [-0.39, 0.29) is 17.3 Å². The van der Waals surface area contributed by atoms with E-state index in [2.05, 4.69) is 0 Å². The van der Waals surface area contributed by atoms with Gasteiger partial charge < -0.3 is 5.73 Å². The Kier molecular flexibility index (Phi) is 3.51. The molecule has 0 saturated carbocycles. The molecule has 0 atom stereocenters. The monoisotopic (exact) mass is 208 g/mol. The van der Waals surface area contributed by atoms with Crippen LogP contribution in [0.2, 0.25) is 0 Å². The third kappa shape index (κ3) is 2.69. The highest BCUT2D eigenvalue weighted by Crippen LogP contribution is 2.09. The van der Waals surface area contributed by atoms with Crippen molar-refractivity contribution in [1.29, 1.82) is 0 Å². The first-order chi connectivity index (χ1) is 5.00. The zero-order valence-corrected chi connectivity index (χ0v) is 7.73. The summed E-state index contributed by atoms with van der Waals surface area (Å²) in [5, 5.41) is 4.84. The van der Waals surface area contributed by atoms with Crippen LogP contribution in [0.4, 0.5) is 5.69 Å². The summed E-state index contributed by atoms with van der Waals surface area (Å²) < 4.78 is 21.4. The Balaban J connectivity index is 0.00000121. The van der Waals surface area contributed by atoms with Gasteiger partial charge in [-0.15, -0.1) is 12.4 Å². The van der Waals surface area contributed by atoms with Crippen LogP contribution in [0.1, 0.15) is 0 Å². The van der Waals surface area contributed by atoms with Gasteiger partial charge in [-0.3, -0.25) is 0 Å². The molecule has 0 aliphatic heterocycles. The molecule has 4 nitrogen and oxygen atoms in total. The molecule has 0 bridgehead atoms. The predicted octanol–water partition coefficient (Wildman–Crippen LogP) is 0.338. The van der Waals surface area contributed by atoms with Gasteiger partial charge in [0.2, 0.25) is 10.0 Å². The fourth-order valence-corrected chi connectivity index (χ4v) is 1.26. The maximum absolute atomic E-state index is 10.7. The second kappa shape index (κ2) is 3.75. The van der Waals surface area contributed by atoms with Gasteiger partial charge in [-0.1, -0.05) is 6.07 Å². The van der Waals surface area contributed by atoms with Crippen LogP contribution in [0, 0.1) is 0 Å². The summed E-state index contributed by atoms with van der Waals surface area (Å²) >= 11 is 0. The number of primary sulfonamides is 1. The average molecular weight is 209 g/mol. The SMILES string of the molecule is Cl.Nc1cccc(S(N)(=O)=O)c1. The molecule has 1 rings (SSSR count). The minimum Gasteiger partial charge on any atom is -0.399 e. The van der Waals surface area contributed by atoms with Crippen molar-refractivity contribution in [1.82, 2.24) is 0 Å². The lowest BCUT2D eigenvalue weighted by molar-refractivity contribution is 0.598. The third-order valence-corrected chi connectivity index (χ3v) is 2.10. The molecule has 0 radical (unpaired) electrons. The van der Waals surface area contributed by atoms with Crippen molar-refractivity contribution in [2.45, 2.75) is 4.90 Å². The van der Waals surface area contributed by atoms with Crippen molar-refractivity contribution >= 4 is 28.1 Å². The summed E-state index contributed by atoms with van der Waals surface area (Å²) in [6, 6.07) is 5.84. The molecular formula is C6H9ClN2O2S. The maximum atomic E-state index is 10.7. The maximum Gasteiger partial charge on any atom is 0.238 e. The van der Waals surface area contributed by atoms with Crippen LogP contribution in [-0.4, -0.2) is 8.42 Å². The molecule has 0 fully saturated rings. The van der Waals surface area contributed by atoms with Crippen molar-refractivity contribution in [3.8, 4) is 0 Å². The fourth-order valence-electron chi connectivity index (χ4n) is 0.692. The van der Waals surface area contributed by atoms with E-state index in [0.29, 0.717) is 5.69 Å². The second-order valence-electron chi connectivity index (χ2n) is 2.12. The number of halogens is 1. The number of nitrogen functional groups attached to an aromatic ring is 1. The van der Waals surface area contributed by atoms with Crippen LogP contribution in [0.25, 0.3) is 0 Å². The first-order valence-electron chi connectivity index (χ1n) is 2.88. The van der Waals surface area contributed by atoms with Gasteiger partial charge in [0.15, 0.2) is 0 Å². The van der Waals surface area contributed by atoms with Crippen molar-refractivity contribution in [3.63, 3.8) is 0 Å². The molecule has 12 heavy (non-hydrogen) atoms. The molecule has 68 valence electrons. The Morgan fingerprint density at radius 3 is 2.17 bits per heavy atom. The molecule has 1 aromatic carbocycles. The fraction of sp³-hybridized carbons (Fsp3) is 0. The minimum absolute atomic E-state index is 0. The molecule has 1 aromatic rings. The van der Waals surface area contributed by atoms with Gasteiger partial charge in [-0.05, 0) is 18.2 Å². The lowest BCUT2D eigenvalue weighted by atomic mass is 10.3. The van der Waals surface area contributed by atoms with Crippen LogP contribution in [0.5, 0.6) is 0 Å². The van der Waals surface area contributed by atoms with Crippen molar-refractivity contribution in [2.24, 2.45) is 5.14 Å². The standard InChI is InChI=1S/C6H8N2O2S.ClH/c7-5-2-1-3-6(4-5)11(8,9)10;/h1-4H,7H2,(H2,8,9,10);1H. The highest BCUT2D eigenvalue weighted by molar-refractivity contribution is 7.89. The van der Waals surface area contributed by atoms with Gasteiger partial charge in [0, 0.05) is 5.69 Å². The topological polar surface area (TPSA) is 86.2 Å². The number of benzene rings is 1. The van der Waals surface area contributed by atoms with Crippen molar-refractivity contribution in [3.05, 3.63) is 24.3 Å². The number of hydrogen-bond acceptors (Lipinski definition) is 3. The summed E-state index contributed by atoms with van der Waals surface area (Å²) in [7, 11) is -3.61. The lowest BCUT2D eigenvalue weighted by Gasteiger charge is -1.97. The van der Waals surface area contributed by atoms with E-state index >= 15 is 0 Å². The van der Waals surface area contributed by atoms with Crippen molar-refractivity contribution in [2.75, 3.05) is 5.73 Å². The molecule has 0 amide bonds. The summed E-state index contributed by atoms with van der Waals surface area (Å²) in [5.41, 5.74) is 5.72. The molecule has 4 N–H and O–H groups in total. The van der Waals surface area contributed by atoms with Gasteiger partial charge >= 0.3 is 0 Å². The van der Waals surface area contributed by atoms with Crippen LogP contribution in [-0.2, 0) is 10.0 Å². The lowest BCUT2D eigenvalue weighted by Crippen LogP contribution is -2.12. The van der Waals surface area contributed by atoms with Crippen LogP contribution in [0.15, 0.2) is 29.2 Å².